The lowest BCUT2D eigenvalue weighted by molar-refractivity contribution is 0.340. The van der Waals surface area contributed by atoms with E-state index < -0.39 is 0 Å². The second-order valence-electron chi connectivity index (χ2n) is 7.01. The Hall–Kier alpha value is -3.85. The fourth-order valence-electron chi connectivity index (χ4n) is 3.61. The van der Waals surface area contributed by atoms with E-state index in [1.165, 1.54) is 12.1 Å². The van der Waals surface area contributed by atoms with Gasteiger partial charge in [-0.2, -0.15) is 5.26 Å². The van der Waals surface area contributed by atoms with Crippen LogP contribution in [0.15, 0.2) is 48.5 Å². The van der Waals surface area contributed by atoms with Crippen molar-refractivity contribution in [2.75, 3.05) is 6.61 Å². The average molecular weight is 400 g/mol. The number of ether oxygens (including phenoxy) is 1. The summed E-state index contributed by atoms with van der Waals surface area (Å²) >= 11 is 0. The molecule has 2 heterocycles. The molecule has 0 saturated heterocycles. The molecule has 0 fully saturated rings. The number of H-pyrrole nitrogens is 1. The standard InChI is InChI=1S/C24H21FN4O/c1-4-30-21-8-6-20(7-9-21)29-15(2)11-17(16(29)3)12-18(14-26)24-27-22-10-5-19(25)13-23(22)28-24/h5-13H,4H2,1-3H3,(H,27,28)/b18-12-. The van der Waals surface area contributed by atoms with Gasteiger partial charge in [0.1, 0.15) is 23.5 Å². The van der Waals surface area contributed by atoms with Crippen LogP contribution >= 0.6 is 0 Å². The molecule has 4 rings (SSSR count). The van der Waals surface area contributed by atoms with Gasteiger partial charge in [-0.3, -0.25) is 0 Å². The van der Waals surface area contributed by atoms with Crippen LogP contribution in [0.5, 0.6) is 5.75 Å². The van der Waals surface area contributed by atoms with E-state index in [2.05, 4.69) is 20.6 Å². The minimum absolute atomic E-state index is 0.348. The van der Waals surface area contributed by atoms with Crippen molar-refractivity contribution < 1.29 is 9.13 Å². The van der Waals surface area contributed by atoms with E-state index >= 15 is 0 Å². The van der Waals surface area contributed by atoms with Crippen LogP contribution in [-0.4, -0.2) is 21.1 Å². The highest BCUT2D eigenvalue weighted by molar-refractivity contribution is 5.90. The topological polar surface area (TPSA) is 66.6 Å². The minimum atomic E-state index is -0.348. The highest BCUT2D eigenvalue weighted by Gasteiger charge is 2.13. The normalized spacial score (nSPS) is 11.6. The Morgan fingerprint density at radius 2 is 1.97 bits per heavy atom. The Morgan fingerprint density at radius 1 is 1.20 bits per heavy atom. The number of allylic oxidation sites excluding steroid dienone is 1. The number of benzene rings is 2. The number of hydrogen-bond acceptors (Lipinski definition) is 3. The molecule has 1 N–H and O–H groups in total. The second kappa shape index (κ2) is 7.88. The summed E-state index contributed by atoms with van der Waals surface area (Å²) in [5, 5.41) is 9.71. The molecule has 0 atom stereocenters. The summed E-state index contributed by atoms with van der Waals surface area (Å²) in [6.45, 7) is 6.62. The molecule has 0 radical (unpaired) electrons. The molecular formula is C24H21FN4O. The van der Waals surface area contributed by atoms with Gasteiger partial charge in [0.05, 0.1) is 23.2 Å². The van der Waals surface area contributed by atoms with Gasteiger partial charge in [-0.15, -0.1) is 0 Å². The SMILES string of the molecule is CCOc1ccc(-n2c(C)cc(/C=C(/C#N)c3nc4ccc(F)cc4[nH]3)c2C)cc1. The van der Waals surface area contributed by atoms with Gasteiger partial charge >= 0.3 is 0 Å². The Balaban J connectivity index is 1.73. The summed E-state index contributed by atoms with van der Waals surface area (Å²) in [6.07, 6.45) is 1.81. The van der Waals surface area contributed by atoms with Crippen LogP contribution < -0.4 is 4.74 Å². The zero-order valence-electron chi connectivity index (χ0n) is 17.0. The number of rotatable bonds is 5. The van der Waals surface area contributed by atoms with E-state index in [0.29, 0.717) is 29.0 Å². The molecule has 5 nitrogen and oxygen atoms in total. The van der Waals surface area contributed by atoms with Crippen molar-refractivity contribution in [3.8, 4) is 17.5 Å². The average Bonchev–Trinajstić information content (AvgIpc) is 3.27. The molecular weight excluding hydrogens is 379 g/mol. The highest BCUT2D eigenvalue weighted by Crippen LogP contribution is 2.26. The summed E-state index contributed by atoms with van der Waals surface area (Å²) in [7, 11) is 0. The van der Waals surface area contributed by atoms with Crippen molar-refractivity contribution in [3.05, 3.63) is 77.1 Å². The van der Waals surface area contributed by atoms with Gasteiger partial charge in [-0.05, 0) is 80.9 Å². The van der Waals surface area contributed by atoms with Gasteiger partial charge in [0.2, 0.25) is 0 Å². The van der Waals surface area contributed by atoms with Gasteiger partial charge < -0.3 is 14.3 Å². The minimum Gasteiger partial charge on any atom is -0.494 e. The predicted octanol–water partition coefficient (Wildman–Crippen LogP) is 5.57. The van der Waals surface area contributed by atoms with Crippen LogP contribution in [0.4, 0.5) is 4.39 Å². The summed E-state index contributed by atoms with van der Waals surface area (Å²) < 4.78 is 21.1. The van der Waals surface area contributed by atoms with E-state index in [1.54, 1.807) is 6.07 Å². The van der Waals surface area contributed by atoms with Crippen molar-refractivity contribution in [2.24, 2.45) is 0 Å². The number of nitrogens with zero attached hydrogens (tertiary/aromatic N) is 3. The Kier molecular flexibility index (Phi) is 5.11. The third kappa shape index (κ3) is 3.58. The molecule has 4 aromatic rings. The largest absolute Gasteiger partial charge is 0.494 e. The molecule has 0 spiro atoms. The molecule has 6 heteroatoms. The van der Waals surface area contributed by atoms with Crippen molar-refractivity contribution in [2.45, 2.75) is 20.8 Å². The number of aryl methyl sites for hydroxylation is 1. The number of aromatic nitrogens is 3. The van der Waals surface area contributed by atoms with E-state index in [0.717, 1.165) is 28.4 Å². The summed E-state index contributed by atoms with van der Waals surface area (Å²) in [5.74, 6) is 0.903. The van der Waals surface area contributed by atoms with Gasteiger partial charge in [0, 0.05) is 17.1 Å². The zero-order chi connectivity index (χ0) is 21.3. The molecule has 30 heavy (non-hydrogen) atoms. The van der Waals surface area contributed by atoms with Crippen LogP contribution in [0, 0.1) is 31.0 Å². The lowest BCUT2D eigenvalue weighted by Gasteiger charge is -2.11. The van der Waals surface area contributed by atoms with Gasteiger partial charge in [0.25, 0.3) is 0 Å². The van der Waals surface area contributed by atoms with Gasteiger partial charge in [-0.1, -0.05) is 0 Å². The Labute approximate surface area is 174 Å². The fourth-order valence-corrected chi connectivity index (χ4v) is 3.61. The molecule has 0 bridgehead atoms. The molecule has 2 aromatic heterocycles. The number of halogens is 1. The van der Waals surface area contributed by atoms with E-state index in [-0.39, 0.29) is 5.82 Å². The molecule has 0 saturated carbocycles. The van der Waals surface area contributed by atoms with Gasteiger partial charge in [-0.25, -0.2) is 9.37 Å². The lowest BCUT2D eigenvalue weighted by atomic mass is 10.1. The number of hydrogen-bond donors (Lipinski definition) is 1. The fraction of sp³-hybridized carbons (Fsp3) is 0.167. The van der Waals surface area contributed by atoms with Crippen molar-refractivity contribution >= 4 is 22.7 Å². The molecule has 2 aromatic carbocycles. The van der Waals surface area contributed by atoms with Crippen molar-refractivity contribution in [1.29, 1.82) is 5.26 Å². The monoisotopic (exact) mass is 400 g/mol. The molecule has 0 aliphatic rings. The summed E-state index contributed by atoms with van der Waals surface area (Å²) in [6, 6.07) is 16.5. The first kappa shape index (κ1) is 19.5. The summed E-state index contributed by atoms with van der Waals surface area (Å²) in [5.41, 5.74) is 5.56. The van der Waals surface area contributed by atoms with E-state index in [9.17, 15) is 9.65 Å². The van der Waals surface area contributed by atoms with Crippen LogP contribution in [0.1, 0.15) is 29.7 Å². The molecule has 0 aliphatic carbocycles. The Bertz CT molecular complexity index is 1290. The second-order valence-corrected chi connectivity index (χ2v) is 7.01. The highest BCUT2D eigenvalue weighted by atomic mass is 19.1. The van der Waals surface area contributed by atoms with Crippen molar-refractivity contribution in [1.82, 2.24) is 14.5 Å². The maximum Gasteiger partial charge on any atom is 0.149 e. The number of aromatic amines is 1. The van der Waals surface area contributed by atoms with Crippen LogP contribution in [0.3, 0.4) is 0 Å². The number of nitrogens with one attached hydrogen (secondary N) is 1. The number of fused-ring (bicyclic) bond motifs is 1. The third-order valence-electron chi connectivity index (χ3n) is 5.00. The first-order valence-electron chi connectivity index (χ1n) is 9.69. The maximum absolute atomic E-state index is 13.5. The first-order valence-corrected chi connectivity index (χ1v) is 9.69. The smallest absolute Gasteiger partial charge is 0.149 e. The zero-order valence-corrected chi connectivity index (χ0v) is 17.0. The van der Waals surface area contributed by atoms with E-state index in [1.807, 2.05) is 57.2 Å². The quantitative estimate of drug-likeness (QED) is 0.445. The number of nitriles is 1. The molecule has 0 amide bonds. The van der Waals surface area contributed by atoms with E-state index in [4.69, 9.17) is 4.74 Å². The lowest BCUT2D eigenvalue weighted by Crippen LogP contribution is -1.99. The molecule has 0 unspecified atom stereocenters. The molecule has 0 aliphatic heterocycles. The van der Waals surface area contributed by atoms with Gasteiger partial charge in [0.15, 0.2) is 0 Å². The van der Waals surface area contributed by atoms with Crippen LogP contribution in [0.2, 0.25) is 0 Å². The van der Waals surface area contributed by atoms with Crippen LogP contribution in [-0.2, 0) is 0 Å². The van der Waals surface area contributed by atoms with Crippen LogP contribution in [0.25, 0.3) is 28.4 Å². The Morgan fingerprint density at radius 3 is 2.67 bits per heavy atom. The third-order valence-corrected chi connectivity index (χ3v) is 5.00. The predicted molar refractivity (Wildman–Crippen MR) is 116 cm³/mol. The maximum atomic E-state index is 13.5. The van der Waals surface area contributed by atoms with Crippen molar-refractivity contribution in [3.63, 3.8) is 0 Å². The summed E-state index contributed by atoms with van der Waals surface area (Å²) in [4.78, 5) is 7.47. The molecule has 150 valence electrons. The first-order chi connectivity index (χ1) is 14.5. The number of imidazole rings is 1.